The Kier molecular flexibility index (Phi) is 2.53. The van der Waals surface area contributed by atoms with Crippen LogP contribution >= 0.6 is 0 Å². The largest absolute Gasteiger partial charge is 0.493 e. The van der Waals surface area contributed by atoms with Gasteiger partial charge in [0.1, 0.15) is 12.4 Å². The van der Waals surface area contributed by atoms with Crippen LogP contribution in [-0.4, -0.2) is 23.9 Å². The minimum atomic E-state index is 0.328. The number of hydrogen-bond donors (Lipinski definition) is 0. The van der Waals surface area contributed by atoms with Gasteiger partial charge in [-0.3, -0.25) is 0 Å². The minimum Gasteiger partial charge on any atom is -0.493 e. The lowest BCUT2D eigenvalue weighted by atomic mass is 10.1. The van der Waals surface area contributed by atoms with Gasteiger partial charge in [0.25, 0.3) is 5.89 Å². The summed E-state index contributed by atoms with van der Waals surface area (Å²) in [4.78, 5) is 4.24. The number of ether oxygens (including phenoxy) is 2. The second-order valence-corrected chi connectivity index (χ2v) is 3.87. The molecule has 1 aliphatic heterocycles. The molecule has 1 aromatic heterocycles. The van der Waals surface area contributed by atoms with Crippen LogP contribution in [0.25, 0.3) is 11.4 Å². The van der Waals surface area contributed by atoms with Crippen LogP contribution in [0.5, 0.6) is 5.75 Å². The summed E-state index contributed by atoms with van der Waals surface area (Å²) in [5.41, 5.74) is 2.13. The molecule has 1 aromatic carbocycles. The SMILES string of the molecule is COCc1nc(-c2ccc3c(c2)OCC3)no1. The number of fused-ring (bicyclic) bond motifs is 1. The molecule has 0 atom stereocenters. The smallest absolute Gasteiger partial charge is 0.252 e. The van der Waals surface area contributed by atoms with E-state index in [-0.39, 0.29) is 0 Å². The van der Waals surface area contributed by atoms with E-state index >= 15 is 0 Å². The van der Waals surface area contributed by atoms with Crippen LogP contribution in [0.15, 0.2) is 22.7 Å². The quantitative estimate of drug-likeness (QED) is 0.807. The van der Waals surface area contributed by atoms with E-state index in [1.54, 1.807) is 7.11 Å². The first kappa shape index (κ1) is 10.3. The van der Waals surface area contributed by atoms with Gasteiger partial charge in [-0.1, -0.05) is 17.3 Å². The number of aromatic nitrogens is 2. The monoisotopic (exact) mass is 232 g/mol. The van der Waals surface area contributed by atoms with E-state index in [1.807, 2.05) is 18.2 Å². The molecule has 0 unspecified atom stereocenters. The highest BCUT2D eigenvalue weighted by Crippen LogP contribution is 2.29. The lowest BCUT2D eigenvalue weighted by Gasteiger charge is -2.00. The summed E-state index contributed by atoms with van der Waals surface area (Å²) < 4.78 is 15.5. The summed E-state index contributed by atoms with van der Waals surface area (Å²) in [6, 6.07) is 5.97. The predicted molar refractivity (Wildman–Crippen MR) is 59.6 cm³/mol. The van der Waals surface area contributed by atoms with E-state index in [0.717, 1.165) is 24.3 Å². The molecule has 0 bridgehead atoms. The Morgan fingerprint density at radius 1 is 1.41 bits per heavy atom. The van der Waals surface area contributed by atoms with Gasteiger partial charge in [0.2, 0.25) is 5.82 Å². The molecule has 5 nitrogen and oxygen atoms in total. The molecule has 3 rings (SSSR count). The molecule has 0 amide bonds. The van der Waals surface area contributed by atoms with Gasteiger partial charge in [-0.05, 0) is 11.6 Å². The van der Waals surface area contributed by atoms with Crippen LogP contribution in [0.3, 0.4) is 0 Å². The van der Waals surface area contributed by atoms with Crippen LogP contribution in [0.2, 0.25) is 0 Å². The number of benzene rings is 1. The fourth-order valence-corrected chi connectivity index (χ4v) is 1.86. The van der Waals surface area contributed by atoms with Gasteiger partial charge in [-0.15, -0.1) is 0 Å². The van der Waals surface area contributed by atoms with Crippen LogP contribution in [0.4, 0.5) is 0 Å². The molecule has 88 valence electrons. The van der Waals surface area contributed by atoms with Crippen LogP contribution < -0.4 is 4.74 Å². The van der Waals surface area contributed by atoms with Gasteiger partial charge >= 0.3 is 0 Å². The van der Waals surface area contributed by atoms with Gasteiger partial charge in [-0.25, -0.2) is 0 Å². The third-order valence-electron chi connectivity index (χ3n) is 2.69. The van der Waals surface area contributed by atoms with Crippen molar-refractivity contribution in [3.05, 3.63) is 29.7 Å². The maximum Gasteiger partial charge on any atom is 0.252 e. The zero-order valence-corrected chi connectivity index (χ0v) is 9.47. The first-order valence-corrected chi connectivity index (χ1v) is 5.44. The molecule has 17 heavy (non-hydrogen) atoms. The molecule has 2 aromatic rings. The predicted octanol–water partition coefficient (Wildman–Crippen LogP) is 1.82. The molecule has 5 heteroatoms. The Labute approximate surface area is 98.4 Å². The van der Waals surface area contributed by atoms with E-state index in [2.05, 4.69) is 10.1 Å². The summed E-state index contributed by atoms with van der Waals surface area (Å²) >= 11 is 0. The van der Waals surface area contributed by atoms with Crippen molar-refractivity contribution in [3.8, 4) is 17.1 Å². The van der Waals surface area contributed by atoms with E-state index in [0.29, 0.717) is 18.3 Å². The number of rotatable bonds is 3. The molecule has 2 heterocycles. The maximum atomic E-state index is 5.50. The van der Waals surface area contributed by atoms with Crippen molar-refractivity contribution < 1.29 is 14.0 Å². The molecule has 0 N–H and O–H groups in total. The highest BCUT2D eigenvalue weighted by molar-refractivity contribution is 5.59. The fraction of sp³-hybridized carbons (Fsp3) is 0.333. The van der Waals surface area contributed by atoms with Crippen molar-refractivity contribution in [1.29, 1.82) is 0 Å². The summed E-state index contributed by atoms with van der Waals surface area (Å²) in [6.45, 7) is 1.08. The van der Waals surface area contributed by atoms with E-state index in [1.165, 1.54) is 5.56 Å². The Morgan fingerprint density at radius 3 is 3.24 bits per heavy atom. The lowest BCUT2D eigenvalue weighted by Crippen LogP contribution is -1.88. The second kappa shape index (κ2) is 4.18. The third-order valence-corrected chi connectivity index (χ3v) is 2.69. The molecule has 0 saturated heterocycles. The Bertz CT molecular complexity index is 536. The summed E-state index contributed by atoms with van der Waals surface area (Å²) in [5, 5.41) is 3.91. The summed E-state index contributed by atoms with van der Waals surface area (Å²) in [5.74, 6) is 1.96. The summed E-state index contributed by atoms with van der Waals surface area (Å²) in [7, 11) is 1.59. The molecule has 0 fully saturated rings. The van der Waals surface area contributed by atoms with Gasteiger partial charge < -0.3 is 14.0 Å². The van der Waals surface area contributed by atoms with Crippen molar-refractivity contribution in [2.24, 2.45) is 0 Å². The summed E-state index contributed by atoms with van der Waals surface area (Å²) in [6.07, 6.45) is 0.969. The zero-order valence-electron chi connectivity index (χ0n) is 9.47. The van der Waals surface area contributed by atoms with Gasteiger partial charge in [-0.2, -0.15) is 4.98 Å². The van der Waals surface area contributed by atoms with Gasteiger partial charge in [0, 0.05) is 19.1 Å². The van der Waals surface area contributed by atoms with Crippen LogP contribution in [0, 0.1) is 0 Å². The number of nitrogens with zero attached hydrogens (tertiary/aromatic N) is 2. The lowest BCUT2D eigenvalue weighted by molar-refractivity contribution is 0.151. The normalized spacial score (nSPS) is 13.5. The van der Waals surface area contributed by atoms with E-state index < -0.39 is 0 Å². The maximum absolute atomic E-state index is 5.50. The van der Waals surface area contributed by atoms with Crippen LogP contribution in [0.1, 0.15) is 11.5 Å². The average Bonchev–Trinajstić information content (AvgIpc) is 2.96. The molecular formula is C12H12N2O3. The molecular weight excluding hydrogens is 220 g/mol. The number of hydrogen-bond acceptors (Lipinski definition) is 5. The topological polar surface area (TPSA) is 57.4 Å². The van der Waals surface area contributed by atoms with E-state index in [9.17, 15) is 0 Å². The Balaban J connectivity index is 1.92. The minimum absolute atomic E-state index is 0.328. The Hall–Kier alpha value is -1.88. The van der Waals surface area contributed by atoms with Crippen molar-refractivity contribution in [2.75, 3.05) is 13.7 Å². The molecule has 0 spiro atoms. The fourth-order valence-electron chi connectivity index (χ4n) is 1.86. The molecule has 1 aliphatic rings. The molecule has 0 radical (unpaired) electrons. The molecule has 0 aliphatic carbocycles. The Morgan fingerprint density at radius 2 is 2.35 bits per heavy atom. The zero-order chi connectivity index (χ0) is 11.7. The number of methoxy groups -OCH3 is 1. The standard InChI is InChI=1S/C12H12N2O3/c1-15-7-11-13-12(14-17-11)9-3-2-8-4-5-16-10(8)6-9/h2-3,6H,4-5,7H2,1H3. The van der Waals surface area contributed by atoms with E-state index in [4.69, 9.17) is 14.0 Å². The average molecular weight is 232 g/mol. The first-order valence-electron chi connectivity index (χ1n) is 5.44. The van der Waals surface area contributed by atoms with Crippen molar-refractivity contribution in [1.82, 2.24) is 10.1 Å². The van der Waals surface area contributed by atoms with Gasteiger partial charge in [0.05, 0.1) is 6.61 Å². The highest BCUT2D eigenvalue weighted by atomic mass is 16.5. The van der Waals surface area contributed by atoms with Gasteiger partial charge in [0.15, 0.2) is 0 Å². The van der Waals surface area contributed by atoms with Crippen LogP contribution in [-0.2, 0) is 17.8 Å². The second-order valence-electron chi connectivity index (χ2n) is 3.87. The molecule has 0 saturated carbocycles. The van der Waals surface area contributed by atoms with Crippen molar-refractivity contribution >= 4 is 0 Å². The third kappa shape index (κ3) is 1.89. The van der Waals surface area contributed by atoms with Crippen molar-refractivity contribution in [3.63, 3.8) is 0 Å². The first-order chi connectivity index (χ1) is 8.36. The highest BCUT2D eigenvalue weighted by Gasteiger charge is 2.15. The van der Waals surface area contributed by atoms with Crippen molar-refractivity contribution in [2.45, 2.75) is 13.0 Å².